The number of hydrogen-bond acceptors (Lipinski definition) is 4. The molecule has 0 saturated carbocycles. The number of likely N-dealkylation sites (tertiary alicyclic amines) is 1. The second-order valence-corrected chi connectivity index (χ2v) is 5.32. The van der Waals surface area contributed by atoms with Gasteiger partial charge < -0.3 is 5.11 Å². The Morgan fingerprint density at radius 2 is 2.05 bits per heavy atom. The van der Waals surface area contributed by atoms with Crippen molar-refractivity contribution in [2.75, 3.05) is 13.6 Å². The van der Waals surface area contributed by atoms with Crippen LogP contribution in [-0.4, -0.2) is 39.7 Å². The van der Waals surface area contributed by atoms with E-state index >= 15 is 0 Å². The Kier molecular flexibility index (Phi) is 3.21. The molecule has 1 aliphatic heterocycles. The summed E-state index contributed by atoms with van der Waals surface area (Å²) in [6, 6.07) is 7.94. The third kappa shape index (κ3) is 2.22. The number of rotatable bonds is 1. The highest BCUT2D eigenvalue weighted by Gasteiger charge is 2.31. The van der Waals surface area contributed by atoms with Crippen molar-refractivity contribution in [1.29, 1.82) is 0 Å². The number of aryl methyl sites for hydroxylation is 1. The molecule has 0 bridgehead atoms. The SMILES string of the molecule is Cc1nc(C2C(O)CCCN2C)nc2ccccc12. The summed E-state index contributed by atoms with van der Waals surface area (Å²) in [6.45, 7) is 2.99. The zero-order valence-corrected chi connectivity index (χ0v) is 11.4. The molecule has 4 nitrogen and oxygen atoms in total. The van der Waals surface area contributed by atoms with Crippen LogP contribution in [0.1, 0.15) is 30.4 Å². The third-order valence-electron chi connectivity index (χ3n) is 3.93. The Morgan fingerprint density at radius 3 is 2.84 bits per heavy atom. The number of nitrogens with zero attached hydrogens (tertiary/aromatic N) is 3. The largest absolute Gasteiger partial charge is 0.391 e. The predicted molar refractivity (Wildman–Crippen MR) is 74.9 cm³/mol. The number of aliphatic hydroxyl groups is 1. The van der Waals surface area contributed by atoms with Gasteiger partial charge in [0.05, 0.1) is 17.7 Å². The van der Waals surface area contributed by atoms with Crippen LogP contribution < -0.4 is 0 Å². The maximum Gasteiger partial charge on any atom is 0.149 e. The van der Waals surface area contributed by atoms with Crippen molar-refractivity contribution >= 4 is 10.9 Å². The zero-order chi connectivity index (χ0) is 13.4. The fourth-order valence-corrected chi connectivity index (χ4v) is 2.90. The van der Waals surface area contributed by atoms with Crippen molar-refractivity contribution in [1.82, 2.24) is 14.9 Å². The lowest BCUT2D eigenvalue weighted by atomic mass is 9.98. The Morgan fingerprint density at radius 1 is 1.26 bits per heavy atom. The Hall–Kier alpha value is -1.52. The van der Waals surface area contributed by atoms with E-state index < -0.39 is 0 Å². The molecule has 1 N–H and O–H groups in total. The van der Waals surface area contributed by atoms with Gasteiger partial charge >= 0.3 is 0 Å². The lowest BCUT2D eigenvalue weighted by Gasteiger charge is -2.35. The van der Waals surface area contributed by atoms with Crippen molar-refractivity contribution in [3.05, 3.63) is 35.8 Å². The average Bonchev–Trinajstić information content (AvgIpc) is 2.38. The summed E-state index contributed by atoms with van der Waals surface area (Å²) >= 11 is 0. The van der Waals surface area contributed by atoms with E-state index in [4.69, 9.17) is 0 Å². The second-order valence-electron chi connectivity index (χ2n) is 5.32. The molecule has 0 amide bonds. The van der Waals surface area contributed by atoms with Crippen molar-refractivity contribution in [2.45, 2.75) is 31.9 Å². The monoisotopic (exact) mass is 257 g/mol. The molecule has 100 valence electrons. The normalized spacial score (nSPS) is 24.8. The van der Waals surface area contributed by atoms with Crippen molar-refractivity contribution in [2.24, 2.45) is 0 Å². The highest BCUT2D eigenvalue weighted by atomic mass is 16.3. The standard InChI is InChI=1S/C15H19N3O/c1-10-11-6-3-4-7-12(11)17-15(16-10)14-13(19)8-5-9-18(14)2/h3-4,6-7,13-14,19H,5,8-9H2,1-2H3. The smallest absolute Gasteiger partial charge is 0.149 e. The molecule has 19 heavy (non-hydrogen) atoms. The van der Waals surface area contributed by atoms with Crippen LogP contribution in [-0.2, 0) is 0 Å². The van der Waals surface area contributed by atoms with Crippen LogP contribution in [0.2, 0.25) is 0 Å². The van der Waals surface area contributed by atoms with Gasteiger partial charge in [-0.3, -0.25) is 4.90 Å². The molecule has 2 unspecified atom stereocenters. The van der Waals surface area contributed by atoms with Crippen LogP contribution in [0.3, 0.4) is 0 Å². The van der Waals surface area contributed by atoms with E-state index in [1.165, 1.54) is 0 Å². The number of benzene rings is 1. The van der Waals surface area contributed by atoms with Gasteiger partial charge in [0, 0.05) is 11.1 Å². The van der Waals surface area contributed by atoms with E-state index in [9.17, 15) is 5.11 Å². The second kappa shape index (κ2) is 4.87. The first-order valence-corrected chi connectivity index (χ1v) is 6.78. The average molecular weight is 257 g/mol. The van der Waals surface area contributed by atoms with Gasteiger partial charge in [-0.2, -0.15) is 0 Å². The van der Waals surface area contributed by atoms with E-state index in [1.54, 1.807) is 0 Å². The fraction of sp³-hybridized carbons (Fsp3) is 0.467. The van der Waals surface area contributed by atoms with Gasteiger partial charge in [-0.05, 0) is 39.4 Å². The molecule has 2 atom stereocenters. The van der Waals surface area contributed by atoms with Gasteiger partial charge in [0.2, 0.25) is 0 Å². The summed E-state index contributed by atoms with van der Waals surface area (Å²) in [5.41, 5.74) is 1.93. The maximum absolute atomic E-state index is 10.2. The topological polar surface area (TPSA) is 49.3 Å². The molecule has 2 heterocycles. The van der Waals surface area contributed by atoms with Crippen LogP contribution in [0.15, 0.2) is 24.3 Å². The molecular weight excluding hydrogens is 238 g/mol. The number of piperidine rings is 1. The molecule has 2 aromatic rings. The minimum atomic E-state index is -0.376. The van der Waals surface area contributed by atoms with Gasteiger partial charge in [0.1, 0.15) is 5.82 Å². The van der Waals surface area contributed by atoms with Crippen LogP contribution >= 0.6 is 0 Å². The first kappa shape index (κ1) is 12.5. The molecule has 1 aromatic heterocycles. The van der Waals surface area contributed by atoms with Crippen molar-refractivity contribution < 1.29 is 5.11 Å². The highest BCUT2D eigenvalue weighted by molar-refractivity contribution is 5.80. The van der Waals surface area contributed by atoms with E-state index in [0.29, 0.717) is 0 Å². The Labute approximate surface area is 113 Å². The molecule has 1 aliphatic rings. The van der Waals surface area contributed by atoms with Crippen LogP contribution in [0.4, 0.5) is 0 Å². The van der Waals surface area contributed by atoms with Gasteiger partial charge in [-0.15, -0.1) is 0 Å². The molecule has 0 spiro atoms. The number of likely N-dealkylation sites (N-methyl/N-ethyl adjacent to an activating group) is 1. The molecule has 1 fully saturated rings. The number of fused-ring (bicyclic) bond motifs is 1. The van der Waals surface area contributed by atoms with E-state index in [0.717, 1.165) is 41.8 Å². The quantitative estimate of drug-likeness (QED) is 0.849. The molecule has 3 rings (SSSR count). The van der Waals surface area contributed by atoms with Crippen molar-refractivity contribution in [3.8, 4) is 0 Å². The van der Waals surface area contributed by atoms with Gasteiger partial charge in [-0.25, -0.2) is 9.97 Å². The summed E-state index contributed by atoms with van der Waals surface area (Å²) in [5, 5.41) is 11.3. The van der Waals surface area contributed by atoms with Crippen LogP contribution in [0.5, 0.6) is 0 Å². The van der Waals surface area contributed by atoms with E-state index in [1.807, 2.05) is 38.2 Å². The number of hydrogen-bond donors (Lipinski definition) is 1. The van der Waals surface area contributed by atoms with E-state index in [2.05, 4.69) is 14.9 Å². The molecule has 1 saturated heterocycles. The molecular formula is C15H19N3O. The first-order valence-electron chi connectivity index (χ1n) is 6.78. The van der Waals surface area contributed by atoms with Crippen LogP contribution in [0.25, 0.3) is 10.9 Å². The summed E-state index contributed by atoms with van der Waals surface area (Å²) in [4.78, 5) is 11.4. The molecule has 4 heteroatoms. The maximum atomic E-state index is 10.2. The minimum absolute atomic E-state index is 0.0861. The van der Waals surface area contributed by atoms with Gasteiger partial charge in [-0.1, -0.05) is 18.2 Å². The number of aromatic nitrogens is 2. The highest BCUT2D eigenvalue weighted by Crippen LogP contribution is 2.29. The summed E-state index contributed by atoms with van der Waals surface area (Å²) < 4.78 is 0. The lowest BCUT2D eigenvalue weighted by molar-refractivity contribution is 0.0200. The van der Waals surface area contributed by atoms with Crippen molar-refractivity contribution in [3.63, 3.8) is 0 Å². The van der Waals surface area contributed by atoms with Gasteiger partial charge in [0.15, 0.2) is 0 Å². The third-order valence-corrected chi connectivity index (χ3v) is 3.93. The number of aliphatic hydroxyl groups excluding tert-OH is 1. The first-order chi connectivity index (χ1) is 9.16. The minimum Gasteiger partial charge on any atom is -0.391 e. The molecule has 1 aromatic carbocycles. The van der Waals surface area contributed by atoms with Gasteiger partial charge in [0.25, 0.3) is 0 Å². The summed E-state index contributed by atoms with van der Waals surface area (Å²) in [7, 11) is 2.03. The summed E-state index contributed by atoms with van der Waals surface area (Å²) in [6.07, 6.45) is 1.48. The van der Waals surface area contributed by atoms with E-state index in [-0.39, 0.29) is 12.1 Å². The number of para-hydroxylation sites is 1. The zero-order valence-electron chi connectivity index (χ0n) is 11.4. The Balaban J connectivity index is 2.09. The van der Waals surface area contributed by atoms with Crippen LogP contribution in [0, 0.1) is 6.92 Å². The fourth-order valence-electron chi connectivity index (χ4n) is 2.90. The summed E-state index contributed by atoms with van der Waals surface area (Å²) in [5.74, 6) is 0.742. The lowest BCUT2D eigenvalue weighted by Crippen LogP contribution is -2.40. The molecule has 0 aliphatic carbocycles. The molecule has 0 radical (unpaired) electrons. The predicted octanol–water partition coefficient (Wildman–Crippen LogP) is 2.07. The Bertz CT molecular complexity index is 589.